The number of aryl methyl sites for hydroxylation is 1. The predicted molar refractivity (Wildman–Crippen MR) is 121 cm³/mol. The summed E-state index contributed by atoms with van der Waals surface area (Å²) in [6, 6.07) is 13.0. The SMILES string of the molecule is C[C@@H]1CC(Cn2ccc3nc(-c4cn[nH]c4)ccc32)CN1C(=O)CCc1ccccc1F. The van der Waals surface area contributed by atoms with Gasteiger partial charge in [0.15, 0.2) is 0 Å². The quantitative estimate of drug-likeness (QED) is 0.491. The summed E-state index contributed by atoms with van der Waals surface area (Å²) >= 11 is 0. The summed E-state index contributed by atoms with van der Waals surface area (Å²) in [6.07, 6.45) is 7.42. The summed E-state index contributed by atoms with van der Waals surface area (Å²) in [5.74, 6) is 0.246. The predicted octanol–water partition coefficient (Wildman–Crippen LogP) is 4.44. The summed E-state index contributed by atoms with van der Waals surface area (Å²) in [4.78, 5) is 19.5. The number of nitrogens with one attached hydrogen (secondary N) is 1. The minimum Gasteiger partial charge on any atom is -0.346 e. The highest BCUT2D eigenvalue weighted by atomic mass is 19.1. The molecule has 3 aromatic heterocycles. The Morgan fingerprint density at radius 3 is 2.91 bits per heavy atom. The number of aromatic nitrogens is 4. The Hall–Kier alpha value is -3.48. The van der Waals surface area contributed by atoms with Crippen LogP contribution in [0.3, 0.4) is 0 Å². The van der Waals surface area contributed by atoms with Gasteiger partial charge in [-0.15, -0.1) is 0 Å². The summed E-state index contributed by atoms with van der Waals surface area (Å²) in [5.41, 5.74) is 4.51. The molecule has 0 spiro atoms. The van der Waals surface area contributed by atoms with Crippen LogP contribution in [0.15, 0.2) is 61.1 Å². The Kier molecular flexibility index (Phi) is 5.47. The molecule has 32 heavy (non-hydrogen) atoms. The maximum Gasteiger partial charge on any atom is 0.223 e. The van der Waals surface area contributed by atoms with Crippen molar-refractivity contribution in [3.63, 3.8) is 0 Å². The van der Waals surface area contributed by atoms with Crippen LogP contribution >= 0.6 is 0 Å². The zero-order chi connectivity index (χ0) is 22.1. The van der Waals surface area contributed by atoms with Crippen LogP contribution in [-0.4, -0.2) is 43.1 Å². The Morgan fingerprint density at radius 1 is 1.22 bits per heavy atom. The number of carbonyl (C=O) groups is 1. The van der Waals surface area contributed by atoms with Gasteiger partial charge in [-0.05, 0) is 55.5 Å². The van der Waals surface area contributed by atoms with Crippen LogP contribution in [0, 0.1) is 11.7 Å². The van der Waals surface area contributed by atoms with Crippen molar-refractivity contribution in [2.24, 2.45) is 5.92 Å². The average molecular weight is 432 g/mol. The number of H-pyrrole nitrogens is 1. The third-order valence-corrected chi connectivity index (χ3v) is 6.42. The molecule has 2 atom stereocenters. The molecule has 1 N–H and O–H groups in total. The van der Waals surface area contributed by atoms with Crippen LogP contribution in [0.1, 0.15) is 25.3 Å². The number of hydrogen-bond donors (Lipinski definition) is 1. The average Bonchev–Trinajstić information content (AvgIpc) is 3.54. The molecule has 0 bridgehead atoms. The minimum absolute atomic E-state index is 0.104. The van der Waals surface area contributed by atoms with Gasteiger partial charge < -0.3 is 9.47 Å². The molecule has 164 valence electrons. The topological polar surface area (TPSA) is 66.8 Å². The maximum absolute atomic E-state index is 13.9. The summed E-state index contributed by atoms with van der Waals surface area (Å²) in [7, 11) is 0. The molecule has 4 heterocycles. The zero-order valence-electron chi connectivity index (χ0n) is 18.0. The zero-order valence-corrected chi connectivity index (χ0v) is 18.0. The third kappa shape index (κ3) is 4.02. The molecule has 1 amide bonds. The van der Waals surface area contributed by atoms with Crippen molar-refractivity contribution in [3.8, 4) is 11.3 Å². The molecule has 1 unspecified atom stereocenters. The van der Waals surface area contributed by atoms with Gasteiger partial charge in [0.25, 0.3) is 0 Å². The molecule has 0 radical (unpaired) electrons. The van der Waals surface area contributed by atoms with Gasteiger partial charge in [0.1, 0.15) is 5.82 Å². The van der Waals surface area contributed by atoms with Gasteiger partial charge >= 0.3 is 0 Å². The molecule has 1 aromatic carbocycles. The maximum atomic E-state index is 13.9. The lowest BCUT2D eigenvalue weighted by atomic mass is 10.1. The van der Waals surface area contributed by atoms with Gasteiger partial charge in [-0.3, -0.25) is 9.89 Å². The number of hydrogen-bond acceptors (Lipinski definition) is 3. The number of aromatic amines is 1. The van der Waals surface area contributed by atoms with Gasteiger partial charge in [-0.2, -0.15) is 5.10 Å². The third-order valence-electron chi connectivity index (χ3n) is 6.42. The van der Waals surface area contributed by atoms with E-state index >= 15 is 0 Å². The molecule has 1 fully saturated rings. The van der Waals surface area contributed by atoms with E-state index in [9.17, 15) is 9.18 Å². The lowest BCUT2D eigenvalue weighted by Crippen LogP contribution is -2.34. The minimum atomic E-state index is -0.239. The van der Waals surface area contributed by atoms with Gasteiger partial charge in [0.2, 0.25) is 5.91 Å². The number of likely N-dealkylation sites (tertiary alicyclic amines) is 1. The lowest BCUT2D eigenvalue weighted by Gasteiger charge is -2.21. The molecule has 5 rings (SSSR count). The fourth-order valence-electron chi connectivity index (χ4n) is 4.77. The number of benzene rings is 1. The van der Waals surface area contributed by atoms with Crippen molar-refractivity contribution < 1.29 is 9.18 Å². The number of amides is 1. The van der Waals surface area contributed by atoms with Crippen LogP contribution in [0.2, 0.25) is 0 Å². The van der Waals surface area contributed by atoms with Crippen molar-refractivity contribution in [3.05, 3.63) is 72.4 Å². The summed E-state index contributed by atoms with van der Waals surface area (Å²) in [6.45, 7) is 3.68. The number of nitrogens with zero attached hydrogens (tertiary/aromatic N) is 4. The highest BCUT2D eigenvalue weighted by Crippen LogP contribution is 2.28. The van der Waals surface area contributed by atoms with E-state index in [4.69, 9.17) is 4.98 Å². The number of pyridine rings is 1. The second-order valence-electron chi connectivity index (χ2n) is 8.64. The van der Waals surface area contributed by atoms with Crippen LogP contribution in [-0.2, 0) is 17.8 Å². The fraction of sp³-hybridized carbons (Fsp3) is 0.320. The van der Waals surface area contributed by atoms with Crippen LogP contribution in [0.25, 0.3) is 22.3 Å². The van der Waals surface area contributed by atoms with Gasteiger partial charge in [-0.1, -0.05) is 18.2 Å². The second-order valence-corrected chi connectivity index (χ2v) is 8.64. The smallest absolute Gasteiger partial charge is 0.223 e. The lowest BCUT2D eigenvalue weighted by molar-refractivity contribution is -0.131. The van der Waals surface area contributed by atoms with E-state index in [1.54, 1.807) is 18.3 Å². The van der Waals surface area contributed by atoms with Crippen molar-refractivity contribution in [2.45, 2.75) is 38.8 Å². The van der Waals surface area contributed by atoms with E-state index in [1.807, 2.05) is 29.3 Å². The molecule has 1 saturated heterocycles. The Morgan fingerprint density at radius 2 is 2.09 bits per heavy atom. The van der Waals surface area contributed by atoms with Crippen LogP contribution < -0.4 is 0 Å². The molecule has 0 saturated carbocycles. The first kappa shape index (κ1) is 20.4. The van der Waals surface area contributed by atoms with Crippen molar-refractivity contribution >= 4 is 16.9 Å². The largest absolute Gasteiger partial charge is 0.346 e. The fourth-order valence-corrected chi connectivity index (χ4v) is 4.77. The van der Waals surface area contributed by atoms with Gasteiger partial charge in [0, 0.05) is 43.5 Å². The molecule has 0 aliphatic carbocycles. The first-order chi connectivity index (χ1) is 15.6. The molecular formula is C25H26FN5O. The molecule has 7 heteroatoms. The highest BCUT2D eigenvalue weighted by Gasteiger charge is 2.32. The molecule has 6 nitrogen and oxygen atoms in total. The Labute approximate surface area is 186 Å². The van der Waals surface area contributed by atoms with Crippen LogP contribution in [0.5, 0.6) is 0 Å². The first-order valence-corrected chi connectivity index (χ1v) is 11.1. The highest BCUT2D eigenvalue weighted by molar-refractivity contribution is 5.79. The molecule has 1 aliphatic heterocycles. The van der Waals surface area contributed by atoms with Gasteiger partial charge in [-0.25, -0.2) is 9.37 Å². The van der Waals surface area contributed by atoms with E-state index < -0.39 is 0 Å². The van der Waals surface area contributed by atoms with Crippen molar-refractivity contribution in [1.29, 1.82) is 0 Å². The van der Waals surface area contributed by atoms with E-state index in [1.165, 1.54) is 6.07 Å². The Balaban J connectivity index is 1.23. The normalized spacial score (nSPS) is 18.5. The molecular weight excluding hydrogens is 405 g/mol. The van der Waals surface area contributed by atoms with Crippen LogP contribution in [0.4, 0.5) is 4.39 Å². The van der Waals surface area contributed by atoms with Gasteiger partial charge in [0.05, 0.1) is 22.9 Å². The Bertz CT molecular complexity index is 1230. The summed E-state index contributed by atoms with van der Waals surface area (Å²) < 4.78 is 16.1. The van der Waals surface area contributed by atoms with E-state index in [2.05, 4.69) is 34.0 Å². The molecule has 4 aromatic rings. The number of carbonyl (C=O) groups excluding carboxylic acids is 1. The van der Waals surface area contributed by atoms with E-state index in [0.29, 0.717) is 24.3 Å². The second kappa shape index (κ2) is 8.57. The number of halogens is 1. The monoisotopic (exact) mass is 431 g/mol. The van der Waals surface area contributed by atoms with Crippen molar-refractivity contribution in [2.75, 3.05) is 6.54 Å². The summed E-state index contributed by atoms with van der Waals surface area (Å²) in [5, 5.41) is 6.82. The van der Waals surface area contributed by atoms with Crippen molar-refractivity contribution in [1.82, 2.24) is 24.6 Å². The first-order valence-electron chi connectivity index (χ1n) is 11.1. The molecule has 1 aliphatic rings. The standard InChI is InChI=1S/C25H26FN5O/c1-17-12-18(16-31(17)25(32)9-6-19-4-2-3-5-21(19)26)15-30-11-10-23-24(30)8-7-22(29-23)20-13-27-28-14-20/h2-5,7-8,10-11,13-14,17-18H,6,9,12,15-16H2,1H3,(H,27,28)/t17-,18?/m1/s1. The number of rotatable bonds is 6. The van der Waals surface area contributed by atoms with E-state index in [-0.39, 0.29) is 17.8 Å². The van der Waals surface area contributed by atoms with E-state index in [0.717, 1.165) is 41.8 Å². The number of fused-ring (bicyclic) bond motifs is 1.